The number of aliphatic hydroxyl groups is 1. The predicted molar refractivity (Wildman–Crippen MR) is 56.2 cm³/mol. The molecule has 1 rings (SSSR count). The Morgan fingerprint density at radius 3 is 2.36 bits per heavy atom. The van der Waals surface area contributed by atoms with Crippen molar-refractivity contribution in [1.29, 1.82) is 0 Å². The molecule has 0 aliphatic heterocycles. The molecule has 0 heterocycles. The van der Waals surface area contributed by atoms with Gasteiger partial charge in [-0.2, -0.15) is 0 Å². The highest BCUT2D eigenvalue weighted by molar-refractivity contribution is 5.44. The maximum Gasteiger partial charge on any atom is 0.123 e. The van der Waals surface area contributed by atoms with Gasteiger partial charge in [-0.25, -0.2) is 0 Å². The number of nitrogens with two attached hydrogens (primary N) is 1. The predicted octanol–water partition coefficient (Wildman–Crippen LogP) is 1.39. The standard InChI is InChI=1S/C11H17NO2/c1-6-4-7(2)11(14)9(5-6)10(12)8(3)13/h4-5,8,10,13-14H,12H2,1-3H3/t8-,10+/m0/s1. The zero-order valence-electron chi connectivity index (χ0n) is 8.78. The van der Waals surface area contributed by atoms with Crippen LogP contribution in [0.1, 0.15) is 29.7 Å². The van der Waals surface area contributed by atoms with E-state index in [1.807, 2.05) is 19.9 Å². The summed E-state index contributed by atoms with van der Waals surface area (Å²) in [6, 6.07) is 3.15. The van der Waals surface area contributed by atoms with Crippen LogP contribution in [0.25, 0.3) is 0 Å². The summed E-state index contributed by atoms with van der Waals surface area (Å²) in [5, 5.41) is 19.1. The number of hydrogen-bond donors (Lipinski definition) is 3. The number of aromatic hydroxyl groups is 1. The highest BCUT2D eigenvalue weighted by Crippen LogP contribution is 2.29. The number of hydrogen-bond acceptors (Lipinski definition) is 3. The van der Waals surface area contributed by atoms with Crippen molar-refractivity contribution in [3.63, 3.8) is 0 Å². The molecular formula is C11H17NO2. The van der Waals surface area contributed by atoms with Gasteiger partial charge in [-0.05, 0) is 26.3 Å². The minimum absolute atomic E-state index is 0.184. The second-order valence-electron chi connectivity index (χ2n) is 3.79. The summed E-state index contributed by atoms with van der Waals surface area (Å²) in [6.07, 6.45) is -0.665. The van der Waals surface area contributed by atoms with Crippen molar-refractivity contribution in [2.24, 2.45) is 5.73 Å². The lowest BCUT2D eigenvalue weighted by Gasteiger charge is -2.18. The van der Waals surface area contributed by atoms with Gasteiger partial charge in [0.25, 0.3) is 0 Å². The highest BCUT2D eigenvalue weighted by Gasteiger charge is 2.17. The fraction of sp³-hybridized carbons (Fsp3) is 0.455. The van der Waals surface area contributed by atoms with Gasteiger partial charge in [0.05, 0.1) is 12.1 Å². The fourth-order valence-electron chi connectivity index (χ4n) is 1.51. The maximum atomic E-state index is 9.75. The SMILES string of the molecule is Cc1cc(C)c(O)c([C@H](N)[C@H](C)O)c1. The average Bonchev–Trinajstić information content (AvgIpc) is 2.09. The molecule has 0 unspecified atom stereocenters. The first-order chi connectivity index (χ1) is 6.43. The Morgan fingerprint density at radius 2 is 1.86 bits per heavy atom. The van der Waals surface area contributed by atoms with Gasteiger partial charge in [0.2, 0.25) is 0 Å². The summed E-state index contributed by atoms with van der Waals surface area (Å²) >= 11 is 0. The summed E-state index contributed by atoms with van der Waals surface area (Å²) in [7, 11) is 0. The molecule has 0 spiro atoms. The molecule has 0 fully saturated rings. The van der Waals surface area contributed by atoms with Crippen molar-refractivity contribution < 1.29 is 10.2 Å². The summed E-state index contributed by atoms with van der Waals surface area (Å²) in [5.41, 5.74) is 8.20. The van der Waals surface area contributed by atoms with Crippen LogP contribution in [0.2, 0.25) is 0 Å². The molecule has 0 saturated carbocycles. The zero-order valence-corrected chi connectivity index (χ0v) is 8.78. The van der Waals surface area contributed by atoms with Gasteiger partial charge in [-0.3, -0.25) is 0 Å². The lowest BCUT2D eigenvalue weighted by Crippen LogP contribution is -2.23. The molecule has 0 bridgehead atoms. The third kappa shape index (κ3) is 2.05. The number of phenolic OH excluding ortho intramolecular Hbond substituents is 1. The molecule has 0 radical (unpaired) electrons. The van der Waals surface area contributed by atoms with E-state index in [1.54, 1.807) is 13.0 Å². The van der Waals surface area contributed by atoms with Crippen molar-refractivity contribution in [3.8, 4) is 5.75 Å². The molecule has 2 atom stereocenters. The number of rotatable bonds is 2. The first kappa shape index (κ1) is 11.0. The normalized spacial score (nSPS) is 15.2. The second kappa shape index (κ2) is 3.98. The van der Waals surface area contributed by atoms with Crippen molar-refractivity contribution in [2.75, 3.05) is 0 Å². The van der Waals surface area contributed by atoms with Gasteiger partial charge in [0.1, 0.15) is 5.75 Å². The van der Waals surface area contributed by atoms with E-state index in [2.05, 4.69) is 0 Å². The van der Waals surface area contributed by atoms with E-state index >= 15 is 0 Å². The summed E-state index contributed by atoms with van der Waals surface area (Å²) < 4.78 is 0. The molecule has 4 N–H and O–H groups in total. The van der Waals surface area contributed by atoms with Crippen LogP contribution in [-0.4, -0.2) is 16.3 Å². The number of aryl methyl sites for hydroxylation is 2. The molecule has 0 aliphatic rings. The van der Waals surface area contributed by atoms with Crippen LogP contribution in [0.3, 0.4) is 0 Å². The molecule has 78 valence electrons. The third-order valence-electron chi connectivity index (χ3n) is 2.35. The Kier molecular flexibility index (Phi) is 3.13. The molecule has 0 aromatic heterocycles. The van der Waals surface area contributed by atoms with Gasteiger partial charge in [-0.1, -0.05) is 17.7 Å². The topological polar surface area (TPSA) is 66.5 Å². The van der Waals surface area contributed by atoms with Gasteiger partial charge in [0, 0.05) is 5.56 Å². The van der Waals surface area contributed by atoms with Crippen molar-refractivity contribution in [2.45, 2.75) is 32.9 Å². The van der Waals surface area contributed by atoms with E-state index in [4.69, 9.17) is 5.73 Å². The molecule has 3 heteroatoms. The van der Waals surface area contributed by atoms with Gasteiger partial charge in [-0.15, -0.1) is 0 Å². The van der Waals surface area contributed by atoms with Crippen molar-refractivity contribution >= 4 is 0 Å². The van der Waals surface area contributed by atoms with Gasteiger partial charge >= 0.3 is 0 Å². The van der Waals surface area contributed by atoms with Crippen LogP contribution >= 0.6 is 0 Å². The lowest BCUT2D eigenvalue weighted by molar-refractivity contribution is 0.162. The number of benzene rings is 1. The summed E-state index contributed by atoms with van der Waals surface area (Å²) in [4.78, 5) is 0. The van der Waals surface area contributed by atoms with Crippen LogP contribution in [0.5, 0.6) is 5.75 Å². The van der Waals surface area contributed by atoms with Gasteiger partial charge < -0.3 is 15.9 Å². The number of aliphatic hydroxyl groups excluding tert-OH is 1. The maximum absolute atomic E-state index is 9.75. The monoisotopic (exact) mass is 195 g/mol. The quantitative estimate of drug-likeness (QED) is 0.668. The minimum atomic E-state index is -0.665. The first-order valence-corrected chi connectivity index (χ1v) is 4.67. The van der Waals surface area contributed by atoms with Crippen LogP contribution in [0.4, 0.5) is 0 Å². The smallest absolute Gasteiger partial charge is 0.123 e. The third-order valence-corrected chi connectivity index (χ3v) is 2.35. The zero-order chi connectivity index (χ0) is 10.9. The summed E-state index contributed by atoms with van der Waals surface area (Å²) in [6.45, 7) is 5.37. The van der Waals surface area contributed by atoms with Crippen molar-refractivity contribution in [1.82, 2.24) is 0 Å². The minimum Gasteiger partial charge on any atom is -0.507 e. The molecule has 3 nitrogen and oxygen atoms in total. The molecule has 14 heavy (non-hydrogen) atoms. The lowest BCUT2D eigenvalue weighted by atomic mass is 9.97. The van der Waals surface area contributed by atoms with Crippen LogP contribution in [0.15, 0.2) is 12.1 Å². The summed E-state index contributed by atoms with van der Waals surface area (Å²) in [5.74, 6) is 0.184. The van der Waals surface area contributed by atoms with Crippen LogP contribution in [0, 0.1) is 13.8 Å². The van der Waals surface area contributed by atoms with E-state index in [0.29, 0.717) is 5.56 Å². The fourth-order valence-corrected chi connectivity index (χ4v) is 1.51. The Morgan fingerprint density at radius 1 is 1.29 bits per heavy atom. The van der Waals surface area contributed by atoms with E-state index in [-0.39, 0.29) is 5.75 Å². The number of phenols is 1. The Bertz CT molecular complexity index is 334. The molecule has 1 aromatic rings. The average molecular weight is 195 g/mol. The molecule has 1 aromatic carbocycles. The molecule has 0 saturated heterocycles. The van der Waals surface area contributed by atoms with Crippen LogP contribution in [-0.2, 0) is 0 Å². The Balaban J connectivity index is 3.20. The van der Waals surface area contributed by atoms with E-state index in [0.717, 1.165) is 11.1 Å². The molecular weight excluding hydrogens is 178 g/mol. The molecule has 0 aliphatic carbocycles. The van der Waals surface area contributed by atoms with E-state index in [9.17, 15) is 10.2 Å². The van der Waals surface area contributed by atoms with Crippen molar-refractivity contribution in [3.05, 3.63) is 28.8 Å². The molecule has 0 amide bonds. The van der Waals surface area contributed by atoms with E-state index < -0.39 is 12.1 Å². The Labute approximate surface area is 84.2 Å². The Hall–Kier alpha value is -1.06. The van der Waals surface area contributed by atoms with E-state index in [1.165, 1.54) is 0 Å². The van der Waals surface area contributed by atoms with Gasteiger partial charge in [0.15, 0.2) is 0 Å². The largest absolute Gasteiger partial charge is 0.507 e. The van der Waals surface area contributed by atoms with Crippen LogP contribution < -0.4 is 5.73 Å². The first-order valence-electron chi connectivity index (χ1n) is 4.67. The second-order valence-corrected chi connectivity index (χ2v) is 3.79. The highest BCUT2D eigenvalue weighted by atomic mass is 16.3.